The summed E-state index contributed by atoms with van der Waals surface area (Å²) in [5.41, 5.74) is 5.84. The van der Waals surface area contributed by atoms with Crippen molar-refractivity contribution in [2.24, 2.45) is 0 Å². The largest absolute Gasteiger partial charge is 0.356 e. The number of nitrogens with zero attached hydrogens (tertiary/aromatic N) is 3. The maximum Gasteiger partial charge on any atom is 0.219 e. The lowest BCUT2D eigenvalue weighted by Gasteiger charge is -2.42. The smallest absolute Gasteiger partial charge is 0.219 e. The molecule has 4 rings (SSSR count). The maximum absolute atomic E-state index is 11.6. The summed E-state index contributed by atoms with van der Waals surface area (Å²) in [7, 11) is 2.24. The van der Waals surface area contributed by atoms with E-state index in [1.165, 1.54) is 42.4 Å². The van der Waals surface area contributed by atoms with Crippen LogP contribution in [0.3, 0.4) is 0 Å². The van der Waals surface area contributed by atoms with Crippen molar-refractivity contribution in [3.8, 4) is 11.3 Å². The number of carbonyl (C=O) groups is 1. The predicted octanol–water partition coefficient (Wildman–Crippen LogP) is 6.37. The molecule has 0 atom stereocenters. The number of nitrogens with one attached hydrogen (secondary N) is 1. The molecule has 1 amide bonds. The van der Waals surface area contributed by atoms with E-state index in [2.05, 4.69) is 73.4 Å². The number of hydrogen-bond acceptors (Lipinski definition) is 5. The quantitative estimate of drug-likeness (QED) is 0.399. The Labute approximate surface area is 222 Å². The van der Waals surface area contributed by atoms with Crippen molar-refractivity contribution in [1.29, 1.82) is 0 Å². The first-order chi connectivity index (χ1) is 17.1. The lowest BCUT2D eigenvalue weighted by atomic mass is 9.63. The summed E-state index contributed by atoms with van der Waals surface area (Å²) in [6.45, 7) is 15.4. The van der Waals surface area contributed by atoms with Crippen LogP contribution in [0.4, 0.5) is 5.13 Å². The molecule has 2 aromatic rings. The van der Waals surface area contributed by atoms with Crippen LogP contribution >= 0.6 is 11.3 Å². The molecule has 1 aliphatic heterocycles. The van der Waals surface area contributed by atoms with Gasteiger partial charge < -0.3 is 15.1 Å². The fourth-order valence-corrected chi connectivity index (χ4v) is 6.79. The monoisotopic (exact) mass is 510 g/mol. The van der Waals surface area contributed by atoms with Crippen LogP contribution in [0, 0.1) is 0 Å². The van der Waals surface area contributed by atoms with Crippen molar-refractivity contribution in [2.45, 2.75) is 96.4 Å². The average Bonchev–Trinajstić information content (AvgIpc) is 3.35. The third-order valence-corrected chi connectivity index (χ3v) is 9.44. The molecule has 6 heteroatoms. The number of rotatable bonds is 9. The van der Waals surface area contributed by atoms with E-state index in [4.69, 9.17) is 4.98 Å². The van der Waals surface area contributed by atoms with Gasteiger partial charge in [-0.05, 0) is 87.1 Å². The Morgan fingerprint density at radius 2 is 1.81 bits per heavy atom. The minimum absolute atomic E-state index is 0.180. The zero-order valence-corrected chi connectivity index (χ0v) is 24.1. The fourth-order valence-electron chi connectivity index (χ4n) is 5.90. The van der Waals surface area contributed by atoms with Crippen LogP contribution in [-0.4, -0.2) is 55.1 Å². The summed E-state index contributed by atoms with van der Waals surface area (Å²) < 4.78 is 0. The molecule has 1 aromatic carbocycles. The predicted molar refractivity (Wildman–Crippen MR) is 153 cm³/mol. The molecule has 2 heterocycles. The Morgan fingerprint density at radius 3 is 2.50 bits per heavy atom. The van der Waals surface area contributed by atoms with Crippen molar-refractivity contribution in [3.05, 3.63) is 34.7 Å². The van der Waals surface area contributed by atoms with Gasteiger partial charge in [0.25, 0.3) is 0 Å². The van der Waals surface area contributed by atoms with Gasteiger partial charge in [0.05, 0.1) is 5.69 Å². The van der Waals surface area contributed by atoms with E-state index in [0.717, 1.165) is 49.8 Å². The Morgan fingerprint density at radius 1 is 1.11 bits per heavy atom. The molecule has 198 valence electrons. The second-order valence-electron chi connectivity index (χ2n) is 12.2. The summed E-state index contributed by atoms with van der Waals surface area (Å²) >= 11 is 1.78. The molecule has 1 aromatic heterocycles. The van der Waals surface area contributed by atoms with Gasteiger partial charge in [-0.15, -0.1) is 11.3 Å². The van der Waals surface area contributed by atoms with Gasteiger partial charge in [-0.2, -0.15) is 0 Å². The molecule has 0 unspecified atom stereocenters. The van der Waals surface area contributed by atoms with Crippen molar-refractivity contribution in [3.63, 3.8) is 0 Å². The highest BCUT2D eigenvalue weighted by molar-refractivity contribution is 7.14. The number of fused-ring (bicyclic) bond motifs is 1. The number of amides is 1. The van der Waals surface area contributed by atoms with Crippen molar-refractivity contribution < 1.29 is 4.79 Å². The average molecular weight is 511 g/mol. The van der Waals surface area contributed by atoms with E-state index >= 15 is 0 Å². The lowest BCUT2D eigenvalue weighted by Crippen LogP contribution is -2.43. The van der Waals surface area contributed by atoms with E-state index in [1.807, 2.05) is 6.92 Å². The standard InChI is InChI=1S/C30H46N4OS/c1-7-31-27(35)10-8-9-17-33(6)23-13-18-34(19-14-23)28-32-26(21-36-28)22-11-12-24-25(20-22)30(4,5)16-15-29(24,2)3/h11-12,20-21,23H,7-10,13-19H2,1-6H3,(H,31,35). The van der Waals surface area contributed by atoms with Gasteiger partial charge in [0.15, 0.2) is 5.13 Å². The summed E-state index contributed by atoms with van der Waals surface area (Å²) in [6, 6.07) is 7.69. The first-order valence-electron chi connectivity index (χ1n) is 13.9. The van der Waals surface area contributed by atoms with Crippen LogP contribution in [-0.2, 0) is 15.6 Å². The highest BCUT2D eigenvalue weighted by Crippen LogP contribution is 2.47. The number of thiazole rings is 1. The number of unbranched alkanes of at least 4 members (excludes halogenated alkanes) is 1. The molecule has 2 aliphatic rings. The SMILES string of the molecule is CCNC(=O)CCCCN(C)C1CCN(c2nc(-c3ccc4c(c3)C(C)(C)CCC4(C)C)cs2)CC1. The van der Waals surface area contributed by atoms with Gasteiger partial charge >= 0.3 is 0 Å². The molecule has 0 spiro atoms. The molecule has 0 radical (unpaired) electrons. The number of aromatic nitrogens is 1. The van der Waals surface area contributed by atoms with Gasteiger partial charge in [0, 0.05) is 43.0 Å². The molecule has 1 aliphatic carbocycles. The van der Waals surface area contributed by atoms with Gasteiger partial charge in [-0.1, -0.05) is 39.8 Å². The van der Waals surface area contributed by atoms with E-state index in [-0.39, 0.29) is 16.7 Å². The number of piperidine rings is 1. The normalized spacial score (nSPS) is 19.4. The zero-order chi connectivity index (χ0) is 25.9. The second kappa shape index (κ2) is 11.2. The molecular formula is C30H46N4OS. The van der Waals surface area contributed by atoms with E-state index in [0.29, 0.717) is 12.5 Å². The Balaban J connectivity index is 1.32. The highest BCUT2D eigenvalue weighted by atomic mass is 32.1. The number of benzene rings is 1. The first kappa shape index (κ1) is 27.1. The Hall–Kier alpha value is -1.92. The van der Waals surface area contributed by atoms with Gasteiger partial charge in [-0.3, -0.25) is 4.79 Å². The molecule has 1 saturated heterocycles. The molecular weight excluding hydrogens is 464 g/mol. The van der Waals surface area contributed by atoms with Crippen LogP contribution < -0.4 is 10.2 Å². The summed E-state index contributed by atoms with van der Waals surface area (Å²) in [5, 5.41) is 6.29. The van der Waals surface area contributed by atoms with Crippen molar-refractivity contribution in [2.75, 3.05) is 38.1 Å². The second-order valence-corrected chi connectivity index (χ2v) is 13.0. The Kier molecular flexibility index (Phi) is 8.45. The van der Waals surface area contributed by atoms with Crippen LogP contribution in [0.1, 0.15) is 90.7 Å². The fraction of sp³-hybridized carbons (Fsp3) is 0.667. The number of anilines is 1. The van der Waals surface area contributed by atoms with Gasteiger partial charge in [-0.25, -0.2) is 4.98 Å². The molecule has 1 fully saturated rings. The maximum atomic E-state index is 11.6. The molecule has 5 nitrogen and oxygen atoms in total. The summed E-state index contributed by atoms with van der Waals surface area (Å²) in [6.07, 6.45) is 7.51. The third kappa shape index (κ3) is 6.13. The first-order valence-corrected chi connectivity index (χ1v) is 14.8. The number of hydrogen-bond donors (Lipinski definition) is 1. The highest BCUT2D eigenvalue weighted by Gasteiger charge is 2.37. The zero-order valence-electron chi connectivity index (χ0n) is 23.3. The summed E-state index contributed by atoms with van der Waals surface area (Å²) in [4.78, 5) is 21.7. The van der Waals surface area contributed by atoms with E-state index in [9.17, 15) is 4.79 Å². The van der Waals surface area contributed by atoms with Crippen LogP contribution in [0.25, 0.3) is 11.3 Å². The molecule has 0 saturated carbocycles. The van der Waals surface area contributed by atoms with Crippen molar-refractivity contribution >= 4 is 22.4 Å². The van der Waals surface area contributed by atoms with E-state index in [1.54, 1.807) is 11.3 Å². The molecule has 36 heavy (non-hydrogen) atoms. The summed E-state index contributed by atoms with van der Waals surface area (Å²) in [5.74, 6) is 0.180. The molecule has 1 N–H and O–H groups in total. The minimum Gasteiger partial charge on any atom is -0.356 e. The van der Waals surface area contributed by atoms with Crippen LogP contribution in [0.15, 0.2) is 23.6 Å². The third-order valence-electron chi connectivity index (χ3n) is 8.54. The van der Waals surface area contributed by atoms with Gasteiger partial charge in [0.2, 0.25) is 5.91 Å². The molecule has 0 bridgehead atoms. The van der Waals surface area contributed by atoms with Crippen LogP contribution in [0.2, 0.25) is 0 Å². The van der Waals surface area contributed by atoms with Crippen molar-refractivity contribution in [1.82, 2.24) is 15.2 Å². The minimum atomic E-state index is 0.180. The van der Waals surface area contributed by atoms with E-state index < -0.39 is 0 Å². The topological polar surface area (TPSA) is 48.5 Å². The lowest BCUT2D eigenvalue weighted by molar-refractivity contribution is -0.121. The van der Waals surface area contributed by atoms with Gasteiger partial charge in [0.1, 0.15) is 0 Å². The van der Waals surface area contributed by atoms with Crippen LogP contribution in [0.5, 0.6) is 0 Å². The number of carbonyl (C=O) groups excluding carboxylic acids is 1. The Bertz CT molecular complexity index is 1040.